The van der Waals surface area contributed by atoms with Gasteiger partial charge in [-0.05, 0) is 25.0 Å². The molecule has 0 radical (unpaired) electrons. The van der Waals surface area contributed by atoms with Crippen LogP contribution in [0.5, 0.6) is 11.6 Å². The van der Waals surface area contributed by atoms with Gasteiger partial charge >= 0.3 is 0 Å². The van der Waals surface area contributed by atoms with E-state index in [4.69, 9.17) is 9.47 Å². The lowest BCUT2D eigenvalue weighted by Crippen LogP contribution is -2.34. The van der Waals surface area contributed by atoms with E-state index in [-0.39, 0.29) is 18.6 Å². The van der Waals surface area contributed by atoms with Gasteiger partial charge in [-0.3, -0.25) is 4.79 Å². The normalized spacial score (nSPS) is 19.3. The third-order valence-corrected chi connectivity index (χ3v) is 4.95. The Hall–Kier alpha value is -2.83. The molecule has 7 nitrogen and oxygen atoms in total. The summed E-state index contributed by atoms with van der Waals surface area (Å²) in [5.41, 5.74) is 0. The van der Waals surface area contributed by atoms with Crippen LogP contribution in [-0.2, 0) is 4.79 Å². The maximum absolute atomic E-state index is 12.4. The molecule has 1 aromatic carbocycles. The fourth-order valence-corrected chi connectivity index (χ4v) is 3.49. The second-order valence-corrected chi connectivity index (χ2v) is 6.88. The number of hydrogen-bond donors (Lipinski definition) is 0. The number of amides is 1. The van der Waals surface area contributed by atoms with Crippen molar-refractivity contribution < 1.29 is 14.3 Å². The van der Waals surface area contributed by atoms with Crippen molar-refractivity contribution in [2.75, 3.05) is 37.7 Å². The van der Waals surface area contributed by atoms with Crippen LogP contribution in [0.2, 0.25) is 0 Å². The lowest BCUT2D eigenvalue weighted by Gasteiger charge is -2.19. The molecule has 0 spiro atoms. The molecule has 2 aliphatic rings. The third-order valence-electron chi connectivity index (χ3n) is 4.95. The lowest BCUT2D eigenvalue weighted by molar-refractivity contribution is -0.132. The minimum absolute atomic E-state index is 0.0228. The van der Waals surface area contributed by atoms with Crippen molar-refractivity contribution in [3.8, 4) is 11.6 Å². The van der Waals surface area contributed by atoms with Crippen molar-refractivity contribution in [3.63, 3.8) is 0 Å². The van der Waals surface area contributed by atoms with Gasteiger partial charge < -0.3 is 19.3 Å². The summed E-state index contributed by atoms with van der Waals surface area (Å²) in [6.07, 6.45) is 4.69. The molecule has 142 valence electrons. The summed E-state index contributed by atoms with van der Waals surface area (Å²) in [6.45, 7) is 3.34. The van der Waals surface area contributed by atoms with Gasteiger partial charge in [0, 0.05) is 32.1 Å². The van der Waals surface area contributed by atoms with Gasteiger partial charge in [0.25, 0.3) is 5.91 Å². The summed E-state index contributed by atoms with van der Waals surface area (Å²) < 4.78 is 11.6. The van der Waals surface area contributed by atoms with E-state index in [9.17, 15) is 4.79 Å². The number of ether oxygens (including phenoxy) is 2. The standard InChI is InChI=1S/C20H24N4O3/c25-20(14-26-16-6-2-1-3-7-16)24-11-8-17(13-24)27-19-12-18(21-15-22-19)23-9-4-5-10-23/h1-3,6-7,12,15,17H,4-5,8-11,13-14H2. The van der Waals surface area contributed by atoms with Crippen LogP contribution < -0.4 is 14.4 Å². The number of benzene rings is 1. The van der Waals surface area contributed by atoms with Crippen LogP contribution in [-0.4, -0.2) is 59.7 Å². The van der Waals surface area contributed by atoms with Gasteiger partial charge in [0.2, 0.25) is 5.88 Å². The maximum Gasteiger partial charge on any atom is 0.260 e. The minimum atomic E-state index is -0.0491. The molecule has 0 saturated carbocycles. The molecule has 4 rings (SSSR count). The van der Waals surface area contributed by atoms with Crippen LogP contribution in [0.25, 0.3) is 0 Å². The number of carbonyl (C=O) groups is 1. The molecule has 2 fully saturated rings. The number of rotatable bonds is 6. The van der Waals surface area contributed by atoms with Crippen LogP contribution in [0, 0.1) is 0 Å². The summed E-state index contributed by atoms with van der Waals surface area (Å²) in [5, 5.41) is 0. The highest BCUT2D eigenvalue weighted by Crippen LogP contribution is 2.22. The van der Waals surface area contributed by atoms with Crippen LogP contribution in [0.3, 0.4) is 0 Å². The van der Waals surface area contributed by atoms with Gasteiger partial charge in [0.05, 0.1) is 6.54 Å². The molecule has 2 aliphatic heterocycles. The Bertz CT molecular complexity index is 765. The molecule has 1 aromatic heterocycles. The van der Waals surface area contributed by atoms with Gasteiger partial charge in [0.15, 0.2) is 6.61 Å². The van der Waals surface area contributed by atoms with Crippen molar-refractivity contribution in [2.45, 2.75) is 25.4 Å². The van der Waals surface area contributed by atoms with E-state index in [2.05, 4.69) is 14.9 Å². The number of carbonyl (C=O) groups excluding carboxylic acids is 1. The SMILES string of the molecule is O=C(COc1ccccc1)N1CCC(Oc2cc(N3CCCC3)ncn2)C1. The quantitative estimate of drug-likeness (QED) is 0.778. The van der Waals surface area contributed by atoms with Gasteiger partial charge in [-0.25, -0.2) is 9.97 Å². The zero-order valence-corrected chi connectivity index (χ0v) is 15.3. The van der Waals surface area contributed by atoms with Crippen molar-refractivity contribution >= 4 is 11.7 Å². The number of likely N-dealkylation sites (tertiary alicyclic amines) is 1. The first-order chi connectivity index (χ1) is 13.3. The smallest absolute Gasteiger partial charge is 0.260 e. The average molecular weight is 368 g/mol. The van der Waals surface area contributed by atoms with Crippen molar-refractivity contribution in [2.24, 2.45) is 0 Å². The third kappa shape index (κ3) is 4.48. The summed E-state index contributed by atoms with van der Waals surface area (Å²) >= 11 is 0. The number of nitrogens with zero attached hydrogens (tertiary/aromatic N) is 4. The van der Waals surface area contributed by atoms with E-state index < -0.39 is 0 Å². The van der Waals surface area contributed by atoms with Crippen LogP contribution in [0.15, 0.2) is 42.7 Å². The topological polar surface area (TPSA) is 67.8 Å². The highest BCUT2D eigenvalue weighted by atomic mass is 16.5. The number of para-hydroxylation sites is 1. The summed E-state index contributed by atoms with van der Waals surface area (Å²) in [7, 11) is 0. The fraction of sp³-hybridized carbons (Fsp3) is 0.450. The molecule has 2 aromatic rings. The predicted molar refractivity (Wildman–Crippen MR) is 101 cm³/mol. The second kappa shape index (κ2) is 8.24. The van der Waals surface area contributed by atoms with Crippen molar-refractivity contribution in [1.82, 2.24) is 14.9 Å². The first kappa shape index (κ1) is 17.6. The minimum Gasteiger partial charge on any atom is -0.484 e. The number of aromatic nitrogens is 2. The van der Waals surface area contributed by atoms with Gasteiger partial charge in [-0.1, -0.05) is 18.2 Å². The zero-order chi connectivity index (χ0) is 18.5. The Morgan fingerprint density at radius 1 is 1.11 bits per heavy atom. The molecule has 7 heteroatoms. The molecule has 1 amide bonds. The van der Waals surface area contributed by atoms with E-state index in [1.165, 1.54) is 12.8 Å². The molecule has 27 heavy (non-hydrogen) atoms. The summed E-state index contributed by atoms with van der Waals surface area (Å²) in [5.74, 6) is 2.17. The fourth-order valence-electron chi connectivity index (χ4n) is 3.49. The molecular formula is C20H24N4O3. The largest absolute Gasteiger partial charge is 0.484 e. The van der Waals surface area contributed by atoms with E-state index >= 15 is 0 Å². The molecule has 0 aliphatic carbocycles. The van der Waals surface area contributed by atoms with Crippen molar-refractivity contribution in [3.05, 3.63) is 42.7 Å². The maximum atomic E-state index is 12.4. The molecule has 0 bridgehead atoms. The summed E-state index contributed by atoms with van der Waals surface area (Å²) in [4.78, 5) is 25.0. The molecule has 2 saturated heterocycles. The van der Waals surface area contributed by atoms with Crippen LogP contribution >= 0.6 is 0 Å². The van der Waals surface area contributed by atoms with Gasteiger partial charge in [-0.2, -0.15) is 0 Å². The second-order valence-electron chi connectivity index (χ2n) is 6.88. The Kier molecular flexibility index (Phi) is 5.37. The number of anilines is 1. The van der Waals surface area contributed by atoms with E-state index in [1.54, 1.807) is 11.2 Å². The molecule has 1 atom stereocenters. The number of hydrogen-bond acceptors (Lipinski definition) is 6. The highest BCUT2D eigenvalue weighted by molar-refractivity contribution is 5.78. The molecule has 0 N–H and O–H groups in total. The zero-order valence-electron chi connectivity index (χ0n) is 15.3. The van der Waals surface area contributed by atoms with E-state index in [0.717, 1.165) is 25.3 Å². The lowest BCUT2D eigenvalue weighted by atomic mass is 10.3. The van der Waals surface area contributed by atoms with E-state index in [1.807, 2.05) is 36.4 Å². The molecule has 1 unspecified atom stereocenters. The Morgan fingerprint density at radius 3 is 2.74 bits per heavy atom. The summed E-state index contributed by atoms with van der Waals surface area (Å²) in [6, 6.07) is 11.3. The highest BCUT2D eigenvalue weighted by Gasteiger charge is 2.28. The predicted octanol–water partition coefficient (Wildman–Crippen LogP) is 2.14. The Balaban J connectivity index is 1.28. The Morgan fingerprint density at radius 2 is 1.93 bits per heavy atom. The monoisotopic (exact) mass is 368 g/mol. The van der Waals surface area contributed by atoms with Gasteiger partial charge in [0.1, 0.15) is 24.0 Å². The average Bonchev–Trinajstić information content (AvgIpc) is 3.39. The van der Waals surface area contributed by atoms with E-state index in [0.29, 0.717) is 24.7 Å². The van der Waals surface area contributed by atoms with Crippen molar-refractivity contribution in [1.29, 1.82) is 0 Å². The Labute approximate surface area is 158 Å². The molecular weight excluding hydrogens is 344 g/mol. The van der Waals surface area contributed by atoms with Crippen LogP contribution in [0.4, 0.5) is 5.82 Å². The van der Waals surface area contributed by atoms with Gasteiger partial charge in [-0.15, -0.1) is 0 Å². The van der Waals surface area contributed by atoms with Crippen LogP contribution in [0.1, 0.15) is 19.3 Å². The molecule has 3 heterocycles. The first-order valence-corrected chi connectivity index (χ1v) is 9.47. The first-order valence-electron chi connectivity index (χ1n) is 9.47.